The van der Waals surface area contributed by atoms with Gasteiger partial charge in [0, 0.05) is 24.4 Å². The van der Waals surface area contributed by atoms with Crippen molar-refractivity contribution < 1.29 is 23.4 Å². The van der Waals surface area contributed by atoms with Gasteiger partial charge in [-0.25, -0.2) is 4.39 Å². The largest absolute Gasteiger partial charge is 0.494 e. The smallest absolute Gasteiger partial charge is 0.200 e. The Morgan fingerprint density at radius 3 is 2.32 bits per heavy atom. The monoisotopic (exact) mass is 461 g/mol. The molecule has 0 fully saturated rings. The van der Waals surface area contributed by atoms with Crippen molar-refractivity contribution in [3.63, 3.8) is 0 Å². The molecule has 0 aliphatic carbocycles. The summed E-state index contributed by atoms with van der Waals surface area (Å²) in [5, 5.41) is 0.297. The summed E-state index contributed by atoms with van der Waals surface area (Å²) in [5.74, 6) is 0.659. The van der Waals surface area contributed by atoms with E-state index in [0.29, 0.717) is 45.9 Å². The summed E-state index contributed by atoms with van der Waals surface area (Å²) in [6.07, 6.45) is 1.51. The topological polar surface area (TPSA) is 66.8 Å². The van der Waals surface area contributed by atoms with E-state index in [1.807, 2.05) is 6.92 Å². The molecule has 0 N–H and O–H groups in total. The number of pyridine rings is 1. The minimum Gasteiger partial charge on any atom is -0.494 e. The van der Waals surface area contributed by atoms with Crippen LogP contribution < -0.4 is 19.6 Å². The first-order valence-corrected chi connectivity index (χ1v) is 10.8. The lowest BCUT2D eigenvalue weighted by Gasteiger charge is -2.16. The minimum atomic E-state index is -0.426. The van der Waals surface area contributed by atoms with Crippen molar-refractivity contribution in [2.75, 3.05) is 20.8 Å². The molecule has 3 aromatic carbocycles. The Balaban J connectivity index is 1.90. The van der Waals surface area contributed by atoms with E-state index in [1.54, 1.807) is 53.1 Å². The first-order valence-electron chi connectivity index (χ1n) is 10.8. The van der Waals surface area contributed by atoms with Gasteiger partial charge in [0.05, 0.1) is 37.3 Å². The molecule has 0 spiro atoms. The third kappa shape index (κ3) is 4.50. The number of ether oxygens (including phenoxy) is 3. The van der Waals surface area contributed by atoms with Crippen molar-refractivity contribution in [3.05, 3.63) is 99.6 Å². The van der Waals surface area contributed by atoms with Gasteiger partial charge < -0.3 is 18.8 Å². The fourth-order valence-electron chi connectivity index (χ4n) is 3.87. The molecule has 0 atom stereocenters. The lowest BCUT2D eigenvalue weighted by atomic mass is 10.0. The summed E-state index contributed by atoms with van der Waals surface area (Å²) in [6.45, 7) is 2.63. The number of benzene rings is 3. The molecule has 0 amide bonds. The number of methoxy groups -OCH3 is 2. The van der Waals surface area contributed by atoms with Crippen LogP contribution in [0.3, 0.4) is 0 Å². The number of fused-ring (bicyclic) bond motifs is 1. The summed E-state index contributed by atoms with van der Waals surface area (Å²) in [6, 6.07) is 16.1. The van der Waals surface area contributed by atoms with Crippen LogP contribution in [0.15, 0.2) is 71.7 Å². The number of rotatable bonds is 8. The Bertz CT molecular complexity index is 1410. The van der Waals surface area contributed by atoms with E-state index >= 15 is 0 Å². The van der Waals surface area contributed by atoms with Gasteiger partial charge in [-0.2, -0.15) is 0 Å². The van der Waals surface area contributed by atoms with Crippen molar-refractivity contribution in [2.24, 2.45) is 0 Å². The van der Waals surface area contributed by atoms with E-state index in [1.165, 1.54) is 32.5 Å². The van der Waals surface area contributed by atoms with Gasteiger partial charge in [0.2, 0.25) is 5.43 Å². The lowest BCUT2D eigenvalue weighted by molar-refractivity contribution is 0.103. The van der Waals surface area contributed by atoms with Crippen LogP contribution in [-0.4, -0.2) is 31.2 Å². The number of aromatic nitrogens is 1. The second-order valence-electron chi connectivity index (χ2n) is 7.64. The van der Waals surface area contributed by atoms with Gasteiger partial charge in [-0.05, 0) is 55.0 Å². The molecule has 4 aromatic rings. The van der Waals surface area contributed by atoms with Gasteiger partial charge >= 0.3 is 0 Å². The molecule has 0 saturated heterocycles. The van der Waals surface area contributed by atoms with E-state index in [-0.39, 0.29) is 17.9 Å². The number of carbonyl (C=O) groups is 1. The first kappa shape index (κ1) is 23.0. The Labute approximate surface area is 196 Å². The molecular formula is C27H24FNO5. The van der Waals surface area contributed by atoms with E-state index < -0.39 is 11.2 Å². The van der Waals surface area contributed by atoms with Crippen LogP contribution in [0, 0.1) is 5.82 Å². The molecule has 0 radical (unpaired) electrons. The number of halogens is 1. The fourth-order valence-corrected chi connectivity index (χ4v) is 3.87. The van der Waals surface area contributed by atoms with Gasteiger partial charge in [0.15, 0.2) is 17.3 Å². The van der Waals surface area contributed by atoms with E-state index in [0.717, 1.165) is 0 Å². The first-order chi connectivity index (χ1) is 16.4. The summed E-state index contributed by atoms with van der Waals surface area (Å²) in [5.41, 5.74) is 1.15. The predicted octanol–water partition coefficient (Wildman–Crippen LogP) is 4.84. The molecule has 0 bridgehead atoms. The summed E-state index contributed by atoms with van der Waals surface area (Å²) >= 11 is 0. The molecule has 0 aliphatic rings. The summed E-state index contributed by atoms with van der Waals surface area (Å²) < 4.78 is 31.8. The number of nitrogens with zero attached hydrogens (tertiary/aromatic N) is 1. The predicted molar refractivity (Wildman–Crippen MR) is 128 cm³/mol. The highest BCUT2D eigenvalue weighted by Crippen LogP contribution is 2.31. The Morgan fingerprint density at radius 2 is 1.68 bits per heavy atom. The van der Waals surface area contributed by atoms with Crippen LogP contribution in [0.5, 0.6) is 17.2 Å². The number of ketones is 1. The lowest BCUT2D eigenvalue weighted by Crippen LogP contribution is -2.20. The number of hydrogen-bond donors (Lipinski definition) is 0. The third-order valence-corrected chi connectivity index (χ3v) is 5.50. The van der Waals surface area contributed by atoms with E-state index in [4.69, 9.17) is 14.2 Å². The van der Waals surface area contributed by atoms with Crippen LogP contribution in [0.1, 0.15) is 28.4 Å². The molecule has 174 valence electrons. The van der Waals surface area contributed by atoms with E-state index in [9.17, 15) is 14.0 Å². The van der Waals surface area contributed by atoms with Crippen molar-refractivity contribution in [1.29, 1.82) is 0 Å². The maximum absolute atomic E-state index is 13.8. The molecule has 6 nitrogen and oxygen atoms in total. The van der Waals surface area contributed by atoms with Crippen molar-refractivity contribution in [1.82, 2.24) is 4.57 Å². The zero-order valence-electron chi connectivity index (χ0n) is 19.1. The standard InChI is InChI=1S/C27H24FNO5/c1-4-34-20-10-8-18(9-11-20)26(30)22-16-29(15-17-6-5-7-19(28)12-17)23-14-25(33-3)24(32-2)13-21(23)27(22)31/h5-14,16H,4,15H2,1-3H3. The highest BCUT2D eigenvalue weighted by molar-refractivity contribution is 6.10. The Kier molecular flexibility index (Phi) is 6.63. The third-order valence-electron chi connectivity index (χ3n) is 5.50. The van der Waals surface area contributed by atoms with Gasteiger partial charge in [-0.15, -0.1) is 0 Å². The van der Waals surface area contributed by atoms with E-state index in [2.05, 4.69) is 0 Å². The van der Waals surface area contributed by atoms with Crippen LogP contribution >= 0.6 is 0 Å². The molecule has 34 heavy (non-hydrogen) atoms. The van der Waals surface area contributed by atoms with Gasteiger partial charge in [-0.3, -0.25) is 9.59 Å². The highest BCUT2D eigenvalue weighted by Gasteiger charge is 2.20. The molecule has 0 unspecified atom stereocenters. The fraction of sp³-hybridized carbons (Fsp3) is 0.185. The zero-order chi connectivity index (χ0) is 24.2. The minimum absolute atomic E-state index is 0.000262. The molecular weight excluding hydrogens is 437 g/mol. The van der Waals surface area contributed by atoms with Crippen LogP contribution in [0.4, 0.5) is 4.39 Å². The maximum atomic E-state index is 13.8. The normalized spacial score (nSPS) is 10.8. The van der Waals surface area contributed by atoms with Crippen LogP contribution in [0.2, 0.25) is 0 Å². The van der Waals surface area contributed by atoms with Crippen molar-refractivity contribution >= 4 is 16.7 Å². The Morgan fingerprint density at radius 1 is 0.971 bits per heavy atom. The average Bonchev–Trinajstić information content (AvgIpc) is 2.85. The average molecular weight is 461 g/mol. The quantitative estimate of drug-likeness (QED) is 0.352. The Hall–Kier alpha value is -4.13. The molecule has 0 saturated carbocycles. The molecule has 1 heterocycles. The van der Waals surface area contributed by atoms with Crippen LogP contribution in [0.25, 0.3) is 10.9 Å². The zero-order valence-corrected chi connectivity index (χ0v) is 19.1. The number of hydrogen-bond acceptors (Lipinski definition) is 5. The summed E-state index contributed by atoms with van der Waals surface area (Å²) in [4.78, 5) is 26.8. The highest BCUT2D eigenvalue weighted by atomic mass is 19.1. The van der Waals surface area contributed by atoms with Crippen molar-refractivity contribution in [2.45, 2.75) is 13.5 Å². The van der Waals surface area contributed by atoms with Crippen molar-refractivity contribution in [3.8, 4) is 17.2 Å². The molecule has 4 rings (SSSR count). The summed E-state index contributed by atoms with van der Waals surface area (Å²) in [7, 11) is 2.98. The molecule has 7 heteroatoms. The maximum Gasteiger partial charge on any atom is 0.200 e. The van der Waals surface area contributed by atoms with Gasteiger partial charge in [0.25, 0.3) is 0 Å². The SMILES string of the molecule is CCOc1ccc(C(=O)c2cn(Cc3cccc(F)c3)c3cc(OC)c(OC)cc3c2=O)cc1. The second-order valence-corrected chi connectivity index (χ2v) is 7.64. The molecule has 1 aromatic heterocycles. The second kappa shape index (κ2) is 9.79. The van der Waals surface area contributed by atoms with Gasteiger partial charge in [-0.1, -0.05) is 12.1 Å². The number of carbonyl (C=O) groups excluding carboxylic acids is 1. The van der Waals surface area contributed by atoms with Crippen LogP contribution in [-0.2, 0) is 6.54 Å². The molecule has 0 aliphatic heterocycles. The van der Waals surface area contributed by atoms with Gasteiger partial charge in [0.1, 0.15) is 11.6 Å².